The highest BCUT2D eigenvalue weighted by Crippen LogP contribution is 2.16. The van der Waals surface area contributed by atoms with Crippen molar-refractivity contribution in [2.45, 2.75) is 0 Å². The third kappa shape index (κ3) is 3.67. The maximum atomic E-state index is 12.1. The quantitative estimate of drug-likeness (QED) is 0.560. The standard InChI is InChI=1S/C18H16N4O2/c1-24-15-9-5-6-13(10-15)12-19-22-18(23)17-11-16(20-21-17)14-7-3-2-4-8-14/h2-12H,1H3,(H,20,21)(H,22,23)/b19-12+. The smallest absolute Gasteiger partial charge is 0.289 e. The first kappa shape index (κ1) is 15.5. The van der Waals surface area contributed by atoms with Gasteiger partial charge in [0.1, 0.15) is 11.4 Å². The minimum atomic E-state index is -0.358. The molecule has 0 atom stereocenters. The number of aromatic amines is 1. The molecule has 6 heteroatoms. The second-order valence-electron chi connectivity index (χ2n) is 5.01. The number of H-pyrrole nitrogens is 1. The highest BCUT2D eigenvalue weighted by molar-refractivity contribution is 5.94. The lowest BCUT2D eigenvalue weighted by Crippen LogP contribution is -2.18. The first-order valence-corrected chi connectivity index (χ1v) is 7.34. The number of benzene rings is 2. The number of ether oxygens (including phenoxy) is 1. The Kier molecular flexibility index (Phi) is 4.67. The molecule has 120 valence electrons. The molecule has 0 aliphatic heterocycles. The van der Waals surface area contributed by atoms with E-state index >= 15 is 0 Å². The van der Waals surface area contributed by atoms with Crippen LogP contribution in [0.15, 0.2) is 65.8 Å². The van der Waals surface area contributed by atoms with Gasteiger partial charge in [0.25, 0.3) is 5.91 Å². The van der Waals surface area contributed by atoms with E-state index < -0.39 is 0 Å². The molecule has 0 aliphatic rings. The predicted octanol–water partition coefficient (Wildman–Crippen LogP) is 2.85. The molecule has 3 rings (SSSR count). The molecule has 0 unspecified atom stereocenters. The Balaban J connectivity index is 1.65. The van der Waals surface area contributed by atoms with Crippen LogP contribution in [0.1, 0.15) is 16.1 Å². The van der Waals surface area contributed by atoms with E-state index in [4.69, 9.17) is 4.74 Å². The lowest BCUT2D eigenvalue weighted by atomic mass is 10.1. The van der Waals surface area contributed by atoms with Gasteiger partial charge in [-0.2, -0.15) is 10.2 Å². The number of rotatable bonds is 5. The summed E-state index contributed by atoms with van der Waals surface area (Å²) in [7, 11) is 1.60. The van der Waals surface area contributed by atoms with Crippen LogP contribution in [-0.4, -0.2) is 29.4 Å². The molecular formula is C18H16N4O2. The van der Waals surface area contributed by atoms with Crippen LogP contribution in [-0.2, 0) is 0 Å². The molecule has 2 N–H and O–H groups in total. The largest absolute Gasteiger partial charge is 0.497 e. The summed E-state index contributed by atoms with van der Waals surface area (Å²) in [6.07, 6.45) is 1.55. The summed E-state index contributed by atoms with van der Waals surface area (Å²) in [5.74, 6) is 0.371. The van der Waals surface area contributed by atoms with Crippen molar-refractivity contribution < 1.29 is 9.53 Å². The molecule has 24 heavy (non-hydrogen) atoms. The van der Waals surface area contributed by atoms with Crippen molar-refractivity contribution in [1.82, 2.24) is 15.6 Å². The molecule has 1 heterocycles. The zero-order valence-corrected chi connectivity index (χ0v) is 13.1. The molecular weight excluding hydrogens is 304 g/mol. The average Bonchev–Trinajstić information content (AvgIpc) is 3.13. The van der Waals surface area contributed by atoms with Crippen LogP contribution in [0.5, 0.6) is 5.75 Å². The fourth-order valence-corrected chi connectivity index (χ4v) is 2.14. The average molecular weight is 320 g/mol. The number of hydrazone groups is 1. The molecule has 0 saturated carbocycles. The molecule has 1 amide bonds. The minimum Gasteiger partial charge on any atom is -0.497 e. The normalized spacial score (nSPS) is 10.7. The highest BCUT2D eigenvalue weighted by Gasteiger charge is 2.09. The molecule has 0 radical (unpaired) electrons. The maximum absolute atomic E-state index is 12.1. The second kappa shape index (κ2) is 7.23. The van der Waals surface area contributed by atoms with E-state index in [1.54, 1.807) is 19.4 Å². The lowest BCUT2D eigenvalue weighted by molar-refractivity contribution is 0.0950. The van der Waals surface area contributed by atoms with Crippen molar-refractivity contribution in [3.63, 3.8) is 0 Å². The van der Waals surface area contributed by atoms with Crippen molar-refractivity contribution in [1.29, 1.82) is 0 Å². The van der Waals surface area contributed by atoms with Crippen LogP contribution >= 0.6 is 0 Å². The van der Waals surface area contributed by atoms with E-state index in [0.717, 1.165) is 16.9 Å². The second-order valence-corrected chi connectivity index (χ2v) is 5.01. The van der Waals surface area contributed by atoms with Crippen LogP contribution in [0.3, 0.4) is 0 Å². The number of nitrogens with zero attached hydrogens (tertiary/aromatic N) is 2. The van der Waals surface area contributed by atoms with Crippen molar-refractivity contribution >= 4 is 12.1 Å². The van der Waals surface area contributed by atoms with Crippen molar-refractivity contribution in [3.8, 4) is 17.0 Å². The molecule has 3 aromatic rings. The summed E-state index contributed by atoms with van der Waals surface area (Å²) in [4.78, 5) is 12.1. The SMILES string of the molecule is COc1cccc(/C=N/NC(=O)c2cc(-c3ccccc3)n[nH]2)c1. The first-order valence-electron chi connectivity index (χ1n) is 7.34. The van der Waals surface area contributed by atoms with Gasteiger partial charge in [0, 0.05) is 5.56 Å². The van der Waals surface area contributed by atoms with E-state index in [0.29, 0.717) is 11.4 Å². The van der Waals surface area contributed by atoms with E-state index in [1.165, 1.54) is 0 Å². The van der Waals surface area contributed by atoms with Gasteiger partial charge in [-0.05, 0) is 23.8 Å². The van der Waals surface area contributed by atoms with Gasteiger partial charge in [-0.15, -0.1) is 0 Å². The third-order valence-electron chi connectivity index (χ3n) is 3.37. The minimum absolute atomic E-state index is 0.344. The Morgan fingerprint density at radius 1 is 1.17 bits per heavy atom. The van der Waals surface area contributed by atoms with Crippen molar-refractivity contribution in [2.75, 3.05) is 7.11 Å². The Bertz CT molecular complexity index is 856. The van der Waals surface area contributed by atoms with Crippen LogP contribution < -0.4 is 10.2 Å². The summed E-state index contributed by atoms with van der Waals surface area (Å²) in [6.45, 7) is 0. The zero-order chi connectivity index (χ0) is 16.8. The van der Waals surface area contributed by atoms with Crippen LogP contribution in [0.4, 0.5) is 0 Å². The fraction of sp³-hybridized carbons (Fsp3) is 0.0556. The summed E-state index contributed by atoms with van der Waals surface area (Å²) in [6, 6.07) is 18.7. The highest BCUT2D eigenvalue weighted by atomic mass is 16.5. The van der Waals surface area contributed by atoms with Crippen molar-refractivity contribution in [3.05, 3.63) is 71.9 Å². The summed E-state index contributed by atoms with van der Waals surface area (Å²) in [5.41, 5.74) is 5.28. The van der Waals surface area contributed by atoms with E-state index in [2.05, 4.69) is 20.7 Å². The molecule has 1 aromatic heterocycles. The van der Waals surface area contributed by atoms with Gasteiger partial charge in [-0.3, -0.25) is 9.89 Å². The molecule has 0 bridgehead atoms. The lowest BCUT2D eigenvalue weighted by Gasteiger charge is -2.00. The van der Waals surface area contributed by atoms with Crippen LogP contribution in [0.25, 0.3) is 11.3 Å². The van der Waals surface area contributed by atoms with Gasteiger partial charge in [0.15, 0.2) is 0 Å². The molecule has 0 fully saturated rings. The zero-order valence-electron chi connectivity index (χ0n) is 13.1. The Morgan fingerprint density at radius 2 is 2.00 bits per heavy atom. The number of hydrogen-bond acceptors (Lipinski definition) is 4. The van der Waals surface area contributed by atoms with Crippen molar-refractivity contribution in [2.24, 2.45) is 5.10 Å². The van der Waals surface area contributed by atoms with Gasteiger partial charge < -0.3 is 4.74 Å². The number of carbonyl (C=O) groups is 1. The molecule has 2 aromatic carbocycles. The number of aromatic nitrogens is 2. The van der Waals surface area contributed by atoms with Crippen LogP contribution in [0.2, 0.25) is 0 Å². The topological polar surface area (TPSA) is 79.4 Å². The summed E-state index contributed by atoms with van der Waals surface area (Å²) >= 11 is 0. The molecule has 0 spiro atoms. The Hall–Kier alpha value is -3.41. The molecule has 0 aliphatic carbocycles. The number of amides is 1. The van der Waals surface area contributed by atoms with Gasteiger partial charge in [-0.1, -0.05) is 42.5 Å². The molecule has 0 saturated heterocycles. The van der Waals surface area contributed by atoms with E-state index in [9.17, 15) is 4.79 Å². The maximum Gasteiger partial charge on any atom is 0.289 e. The molecule has 6 nitrogen and oxygen atoms in total. The van der Waals surface area contributed by atoms with E-state index in [-0.39, 0.29) is 5.91 Å². The first-order chi connectivity index (χ1) is 11.8. The number of hydrogen-bond donors (Lipinski definition) is 2. The third-order valence-corrected chi connectivity index (χ3v) is 3.37. The van der Waals surface area contributed by atoms with Gasteiger partial charge in [0.05, 0.1) is 19.0 Å². The van der Waals surface area contributed by atoms with E-state index in [1.807, 2.05) is 54.6 Å². The fourth-order valence-electron chi connectivity index (χ4n) is 2.14. The number of methoxy groups -OCH3 is 1. The summed E-state index contributed by atoms with van der Waals surface area (Å²) in [5, 5.41) is 10.8. The van der Waals surface area contributed by atoms with Gasteiger partial charge in [-0.25, -0.2) is 5.43 Å². The van der Waals surface area contributed by atoms with Gasteiger partial charge >= 0.3 is 0 Å². The Labute approximate surface area is 139 Å². The monoisotopic (exact) mass is 320 g/mol. The van der Waals surface area contributed by atoms with Gasteiger partial charge in [0.2, 0.25) is 0 Å². The predicted molar refractivity (Wildman–Crippen MR) is 92.1 cm³/mol. The van der Waals surface area contributed by atoms with Crippen LogP contribution in [0, 0.1) is 0 Å². The summed E-state index contributed by atoms with van der Waals surface area (Å²) < 4.78 is 5.13. The Morgan fingerprint density at radius 3 is 2.79 bits per heavy atom. The number of nitrogens with one attached hydrogen (secondary N) is 2. The number of carbonyl (C=O) groups excluding carboxylic acids is 1.